The van der Waals surface area contributed by atoms with Gasteiger partial charge in [-0.15, -0.1) is 0 Å². The number of carbonyl (C=O) groups is 1. The first kappa shape index (κ1) is 14.7. The van der Waals surface area contributed by atoms with Crippen LogP contribution in [0.15, 0.2) is 12.1 Å². The minimum Gasteiger partial charge on any atom is -0.479 e. The van der Waals surface area contributed by atoms with Crippen molar-refractivity contribution in [3.63, 3.8) is 0 Å². The van der Waals surface area contributed by atoms with Gasteiger partial charge in [0.05, 0.1) is 7.14 Å². The van der Waals surface area contributed by atoms with E-state index in [0.29, 0.717) is 12.2 Å². The Balaban J connectivity index is 3.01. The van der Waals surface area contributed by atoms with Gasteiger partial charge < -0.3 is 9.84 Å². The van der Waals surface area contributed by atoms with Crippen molar-refractivity contribution >= 4 is 73.7 Å². The van der Waals surface area contributed by atoms with Gasteiger partial charge in [-0.05, 0) is 86.3 Å². The van der Waals surface area contributed by atoms with Crippen LogP contribution in [0.5, 0.6) is 5.75 Å². The minimum atomic E-state index is -0.923. The van der Waals surface area contributed by atoms with E-state index in [1.54, 1.807) is 6.92 Å². The summed E-state index contributed by atoms with van der Waals surface area (Å²) < 4.78 is 8.51. The molecule has 0 bridgehead atoms. The summed E-state index contributed by atoms with van der Waals surface area (Å²) in [5.74, 6) is -0.261. The van der Waals surface area contributed by atoms with E-state index in [-0.39, 0.29) is 0 Å². The first-order chi connectivity index (χ1) is 7.45. The Morgan fingerprint density at radius 3 is 2.25 bits per heavy atom. The van der Waals surface area contributed by atoms with Crippen molar-refractivity contribution in [2.24, 2.45) is 0 Å². The number of ether oxygens (including phenoxy) is 1. The molecular formula is C10H9I3O3. The number of hydrogen-bond acceptors (Lipinski definition) is 2. The summed E-state index contributed by atoms with van der Waals surface area (Å²) in [5, 5.41) is 8.94. The fraction of sp³-hybridized carbons (Fsp3) is 0.300. The fourth-order valence-corrected chi connectivity index (χ4v) is 4.93. The van der Waals surface area contributed by atoms with Gasteiger partial charge in [0.2, 0.25) is 0 Å². The van der Waals surface area contributed by atoms with Gasteiger partial charge in [0.15, 0.2) is 6.10 Å². The van der Waals surface area contributed by atoms with Gasteiger partial charge in [0.1, 0.15) is 5.75 Å². The smallest absolute Gasteiger partial charge is 0.344 e. The number of benzene rings is 1. The number of carboxylic acid groups (broad SMARTS) is 1. The van der Waals surface area contributed by atoms with Crippen molar-refractivity contribution in [3.05, 3.63) is 22.8 Å². The summed E-state index contributed by atoms with van der Waals surface area (Å²) in [5.41, 5.74) is 0. The highest BCUT2D eigenvalue weighted by Gasteiger charge is 2.19. The molecule has 1 aromatic rings. The molecule has 0 amide bonds. The Labute approximate surface area is 135 Å². The molecule has 0 saturated heterocycles. The average Bonchev–Trinajstić information content (AvgIpc) is 2.15. The zero-order valence-electron chi connectivity index (χ0n) is 8.34. The summed E-state index contributed by atoms with van der Waals surface area (Å²) in [4.78, 5) is 10.9. The molecular weight excluding hydrogens is 549 g/mol. The van der Waals surface area contributed by atoms with Gasteiger partial charge in [0, 0.05) is 3.57 Å². The largest absolute Gasteiger partial charge is 0.479 e. The maximum Gasteiger partial charge on any atom is 0.344 e. The predicted molar refractivity (Wildman–Crippen MR) is 86.9 cm³/mol. The van der Waals surface area contributed by atoms with Crippen LogP contribution in [0.2, 0.25) is 0 Å². The highest BCUT2D eigenvalue weighted by atomic mass is 127. The first-order valence-electron chi connectivity index (χ1n) is 4.49. The number of halogens is 3. The molecule has 0 radical (unpaired) electrons. The molecule has 0 aliphatic heterocycles. The number of carboxylic acids is 1. The Bertz CT molecular complexity index is 383. The summed E-state index contributed by atoms with van der Waals surface area (Å²) in [6, 6.07) is 3.93. The molecule has 1 atom stereocenters. The number of hydrogen-bond donors (Lipinski definition) is 1. The van der Waals surface area contributed by atoms with E-state index in [2.05, 4.69) is 67.8 Å². The quantitative estimate of drug-likeness (QED) is 0.574. The second kappa shape index (κ2) is 6.57. The van der Waals surface area contributed by atoms with Crippen LogP contribution in [0.3, 0.4) is 0 Å². The van der Waals surface area contributed by atoms with Crippen LogP contribution < -0.4 is 4.74 Å². The summed E-state index contributed by atoms with van der Waals surface area (Å²) in [6.07, 6.45) is -0.324. The van der Waals surface area contributed by atoms with Gasteiger partial charge in [-0.3, -0.25) is 0 Å². The van der Waals surface area contributed by atoms with Crippen LogP contribution >= 0.6 is 67.8 Å². The van der Waals surface area contributed by atoms with Crippen LogP contribution in [0.4, 0.5) is 0 Å². The Kier molecular flexibility index (Phi) is 6.05. The maximum atomic E-state index is 10.9. The summed E-state index contributed by atoms with van der Waals surface area (Å²) in [7, 11) is 0. The van der Waals surface area contributed by atoms with Crippen LogP contribution in [0.1, 0.15) is 13.3 Å². The van der Waals surface area contributed by atoms with E-state index in [1.807, 2.05) is 12.1 Å². The van der Waals surface area contributed by atoms with Crippen LogP contribution in [-0.2, 0) is 4.79 Å². The lowest BCUT2D eigenvalue weighted by atomic mass is 10.3. The Morgan fingerprint density at radius 2 is 1.88 bits per heavy atom. The molecule has 16 heavy (non-hydrogen) atoms. The summed E-state index contributed by atoms with van der Waals surface area (Å²) >= 11 is 6.54. The van der Waals surface area contributed by atoms with Crippen molar-refractivity contribution in [1.29, 1.82) is 0 Å². The molecule has 0 spiro atoms. The molecule has 0 aromatic heterocycles. The maximum absolute atomic E-state index is 10.9. The highest BCUT2D eigenvalue weighted by Crippen LogP contribution is 2.30. The minimum absolute atomic E-state index is 0.452. The lowest BCUT2D eigenvalue weighted by Gasteiger charge is -2.16. The zero-order valence-corrected chi connectivity index (χ0v) is 14.8. The third kappa shape index (κ3) is 3.86. The molecule has 6 heteroatoms. The molecule has 1 N–H and O–H groups in total. The molecule has 0 fully saturated rings. The van der Waals surface area contributed by atoms with E-state index >= 15 is 0 Å². The predicted octanol–water partition coefficient (Wildman–Crippen LogP) is 3.74. The van der Waals surface area contributed by atoms with Gasteiger partial charge in [-0.2, -0.15) is 0 Å². The Hall–Kier alpha value is 0.680. The average molecular weight is 558 g/mol. The third-order valence-electron chi connectivity index (χ3n) is 1.87. The standard InChI is InChI=1S/C10H9I3O3/c1-2-8(10(14)15)16-9-6(12)3-5(11)4-7(9)13/h3-4,8H,2H2,1H3,(H,14,15). The molecule has 1 unspecified atom stereocenters. The van der Waals surface area contributed by atoms with Crippen LogP contribution in [0.25, 0.3) is 0 Å². The number of aliphatic carboxylic acids is 1. The van der Waals surface area contributed by atoms with Crippen molar-refractivity contribution in [2.75, 3.05) is 0 Å². The topological polar surface area (TPSA) is 46.5 Å². The van der Waals surface area contributed by atoms with Gasteiger partial charge in [-0.25, -0.2) is 4.79 Å². The SMILES string of the molecule is CCC(Oc1c(I)cc(I)cc1I)C(=O)O. The molecule has 0 heterocycles. The molecule has 1 rings (SSSR count). The molecule has 1 aromatic carbocycles. The highest BCUT2D eigenvalue weighted by molar-refractivity contribution is 14.1. The van der Waals surface area contributed by atoms with Crippen LogP contribution in [-0.4, -0.2) is 17.2 Å². The van der Waals surface area contributed by atoms with Gasteiger partial charge in [-0.1, -0.05) is 6.92 Å². The second-order valence-electron chi connectivity index (χ2n) is 3.05. The molecule has 0 saturated carbocycles. The van der Waals surface area contributed by atoms with Crippen molar-refractivity contribution in [1.82, 2.24) is 0 Å². The van der Waals surface area contributed by atoms with Crippen molar-refractivity contribution in [3.8, 4) is 5.75 Å². The van der Waals surface area contributed by atoms with Crippen molar-refractivity contribution in [2.45, 2.75) is 19.4 Å². The normalized spacial score (nSPS) is 12.2. The Morgan fingerprint density at radius 1 is 1.38 bits per heavy atom. The second-order valence-corrected chi connectivity index (χ2v) is 6.62. The monoisotopic (exact) mass is 558 g/mol. The third-order valence-corrected chi connectivity index (χ3v) is 4.09. The molecule has 88 valence electrons. The van der Waals surface area contributed by atoms with E-state index < -0.39 is 12.1 Å². The molecule has 0 aliphatic carbocycles. The number of rotatable bonds is 4. The zero-order chi connectivity index (χ0) is 12.3. The summed E-state index contributed by atoms with van der Waals surface area (Å²) in [6.45, 7) is 1.80. The van der Waals surface area contributed by atoms with E-state index in [4.69, 9.17) is 9.84 Å². The lowest BCUT2D eigenvalue weighted by Crippen LogP contribution is -2.26. The molecule has 0 aliphatic rings. The molecule has 3 nitrogen and oxygen atoms in total. The first-order valence-corrected chi connectivity index (χ1v) is 7.73. The van der Waals surface area contributed by atoms with E-state index in [9.17, 15) is 4.79 Å². The van der Waals surface area contributed by atoms with E-state index in [0.717, 1.165) is 10.7 Å². The van der Waals surface area contributed by atoms with Crippen molar-refractivity contribution < 1.29 is 14.6 Å². The van der Waals surface area contributed by atoms with Gasteiger partial charge in [0.25, 0.3) is 0 Å². The van der Waals surface area contributed by atoms with Gasteiger partial charge >= 0.3 is 5.97 Å². The fourth-order valence-electron chi connectivity index (χ4n) is 1.09. The lowest BCUT2D eigenvalue weighted by molar-refractivity contribution is -0.145. The van der Waals surface area contributed by atoms with Crippen LogP contribution in [0, 0.1) is 10.7 Å². The van der Waals surface area contributed by atoms with E-state index in [1.165, 1.54) is 0 Å².